The van der Waals surface area contributed by atoms with Gasteiger partial charge in [0.15, 0.2) is 6.23 Å². The van der Waals surface area contributed by atoms with Crippen LogP contribution in [0.1, 0.15) is 27.7 Å². The number of nitrogens with two attached hydrogens (primary N) is 1. The number of hydrogen-bond acceptors (Lipinski definition) is 6. The molecule has 0 radical (unpaired) electrons. The topological polar surface area (TPSA) is 72.2 Å². The Balaban J connectivity index is 4.60. The van der Waals surface area contributed by atoms with Crippen molar-refractivity contribution < 1.29 is 24.0 Å². The first-order valence-electron chi connectivity index (χ1n) is 5.62. The van der Waals surface area contributed by atoms with Crippen LogP contribution in [0.5, 0.6) is 0 Å². The fourth-order valence-corrected chi connectivity index (χ4v) is 1.13. The summed E-state index contributed by atoms with van der Waals surface area (Å²) in [5, 5.41) is 0. The van der Waals surface area contributed by atoms with Crippen LogP contribution in [0.2, 0.25) is 0 Å². The third kappa shape index (κ3) is 4.73. The third-order valence-corrected chi connectivity index (χ3v) is 1.68. The van der Waals surface area contributed by atoms with Crippen LogP contribution < -0.4 is 5.73 Å². The lowest BCUT2D eigenvalue weighted by Crippen LogP contribution is -2.55. The maximum Gasteiger partial charge on any atom is 0.352 e. The predicted octanol–water partition coefficient (Wildman–Crippen LogP) is 1.00. The summed E-state index contributed by atoms with van der Waals surface area (Å²) in [6.07, 6.45) is -0.871. The van der Waals surface area contributed by atoms with Crippen molar-refractivity contribution in [2.24, 2.45) is 5.73 Å². The summed E-state index contributed by atoms with van der Waals surface area (Å²) in [6.45, 7) is 8.75. The molecule has 1 atom stereocenters. The SMILES string of the molecule is CCOOC(OCC)(OCC)C(N)OCC. The van der Waals surface area contributed by atoms with E-state index < -0.39 is 12.2 Å². The molecule has 0 saturated carbocycles. The van der Waals surface area contributed by atoms with Gasteiger partial charge in [-0.15, -0.1) is 0 Å². The average Bonchev–Trinajstić information content (AvgIpc) is 2.27. The van der Waals surface area contributed by atoms with Crippen LogP contribution in [0.25, 0.3) is 0 Å². The molecular weight excluding hydrogens is 214 g/mol. The lowest BCUT2D eigenvalue weighted by atomic mass is 10.4. The zero-order chi connectivity index (χ0) is 12.4. The van der Waals surface area contributed by atoms with Crippen molar-refractivity contribution in [2.75, 3.05) is 26.4 Å². The van der Waals surface area contributed by atoms with Gasteiger partial charge in [0.05, 0.1) is 6.61 Å². The summed E-state index contributed by atoms with van der Waals surface area (Å²) >= 11 is 0. The molecule has 0 aromatic heterocycles. The number of hydrogen-bond donors (Lipinski definition) is 1. The Morgan fingerprint density at radius 2 is 1.50 bits per heavy atom. The summed E-state index contributed by atoms with van der Waals surface area (Å²) in [4.78, 5) is 9.94. The lowest BCUT2D eigenvalue weighted by molar-refractivity contribution is -0.525. The molecule has 0 aromatic carbocycles. The van der Waals surface area contributed by atoms with Crippen LogP contribution in [0.4, 0.5) is 0 Å². The maximum atomic E-state index is 5.80. The molecule has 16 heavy (non-hydrogen) atoms. The molecule has 0 saturated heterocycles. The summed E-state index contributed by atoms with van der Waals surface area (Å²) in [5.74, 6) is -1.50. The Hall–Kier alpha value is -0.240. The first kappa shape index (κ1) is 15.8. The molecular formula is C10H23NO5. The highest BCUT2D eigenvalue weighted by Crippen LogP contribution is 2.20. The molecule has 0 rings (SSSR count). The lowest BCUT2D eigenvalue weighted by Gasteiger charge is -2.34. The van der Waals surface area contributed by atoms with E-state index in [1.54, 1.807) is 6.92 Å². The summed E-state index contributed by atoms with van der Waals surface area (Å²) < 4.78 is 16.0. The first-order valence-corrected chi connectivity index (χ1v) is 5.62. The quantitative estimate of drug-likeness (QED) is 0.347. The van der Waals surface area contributed by atoms with Gasteiger partial charge in [-0.1, -0.05) is 0 Å². The molecule has 0 spiro atoms. The highest BCUT2D eigenvalue weighted by molar-refractivity contribution is 4.64. The highest BCUT2D eigenvalue weighted by atomic mass is 17.3. The minimum Gasteiger partial charge on any atom is -0.355 e. The zero-order valence-electron chi connectivity index (χ0n) is 10.5. The minimum absolute atomic E-state index is 0.362. The third-order valence-electron chi connectivity index (χ3n) is 1.68. The van der Waals surface area contributed by atoms with Crippen molar-refractivity contribution in [3.05, 3.63) is 0 Å². The van der Waals surface area contributed by atoms with E-state index in [9.17, 15) is 0 Å². The molecule has 2 N–H and O–H groups in total. The Labute approximate surface area is 96.9 Å². The largest absolute Gasteiger partial charge is 0.355 e. The predicted molar refractivity (Wildman–Crippen MR) is 58.3 cm³/mol. The second-order valence-corrected chi connectivity index (χ2v) is 2.84. The van der Waals surface area contributed by atoms with Crippen molar-refractivity contribution >= 4 is 0 Å². The van der Waals surface area contributed by atoms with E-state index in [2.05, 4.69) is 0 Å². The van der Waals surface area contributed by atoms with E-state index in [1.807, 2.05) is 20.8 Å². The van der Waals surface area contributed by atoms with Gasteiger partial charge in [-0.05, 0) is 27.7 Å². The van der Waals surface area contributed by atoms with E-state index in [1.165, 1.54) is 0 Å². The molecule has 0 heterocycles. The molecule has 0 aliphatic rings. The summed E-state index contributed by atoms with van der Waals surface area (Å²) in [7, 11) is 0. The molecule has 0 amide bonds. The maximum absolute atomic E-state index is 5.80. The first-order chi connectivity index (χ1) is 7.66. The molecule has 98 valence electrons. The molecule has 0 aliphatic carbocycles. The Bertz CT molecular complexity index is 161. The van der Waals surface area contributed by atoms with Crippen LogP contribution in [-0.2, 0) is 24.0 Å². The van der Waals surface area contributed by atoms with E-state index in [0.717, 1.165) is 0 Å². The van der Waals surface area contributed by atoms with Gasteiger partial charge >= 0.3 is 5.97 Å². The summed E-state index contributed by atoms with van der Waals surface area (Å²) in [5.41, 5.74) is 5.80. The van der Waals surface area contributed by atoms with Crippen molar-refractivity contribution in [1.82, 2.24) is 0 Å². The van der Waals surface area contributed by atoms with Crippen molar-refractivity contribution in [2.45, 2.75) is 39.9 Å². The molecule has 0 aromatic rings. The van der Waals surface area contributed by atoms with Gasteiger partial charge in [0.2, 0.25) is 0 Å². The normalized spacial score (nSPS) is 14.1. The van der Waals surface area contributed by atoms with E-state index in [0.29, 0.717) is 26.4 Å². The van der Waals surface area contributed by atoms with E-state index in [-0.39, 0.29) is 0 Å². The molecule has 6 nitrogen and oxygen atoms in total. The van der Waals surface area contributed by atoms with Crippen LogP contribution >= 0.6 is 0 Å². The zero-order valence-corrected chi connectivity index (χ0v) is 10.5. The van der Waals surface area contributed by atoms with Gasteiger partial charge in [-0.25, -0.2) is 4.89 Å². The standard InChI is InChI=1S/C10H23NO5/c1-5-12-9(11)10(13-6-2,14-7-3)16-15-8-4/h9H,5-8,11H2,1-4H3. The van der Waals surface area contributed by atoms with Crippen molar-refractivity contribution in [3.63, 3.8) is 0 Å². The highest BCUT2D eigenvalue weighted by Gasteiger charge is 2.43. The van der Waals surface area contributed by atoms with Gasteiger partial charge < -0.3 is 14.2 Å². The Morgan fingerprint density at radius 1 is 0.938 bits per heavy atom. The molecule has 1 unspecified atom stereocenters. The van der Waals surface area contributed by atoms with Gasteiger partial charge in [-0.3, -0.25) is 5.73 Å². The number of ether oxygens (including phenoxy) is 3. The second-order valence-electron chi connectivity index (χ2n) is 2.84. The van der Waals surface area contributed by atoms with E-state index in [4.69, 9.17) is 29.7 Å². The smallest absolute Gasteiger partial charge is 0.352 e. The van der Waals surface area contributed by atoms with Crippen molar-refractivity contribution in [1.29, 1.82) is 0 Å². The summed E-state index contributed by atoms with van der Waals surface area (Å²) in [6, 6.07) is 0. The van der Waals surface area contributed by atoms with Crippen LogP contribution in [0, 0.1) is 0 Å². The van der Waals surface area contributed by atoms with Gasteiger partial charge in [0, 0.05) is 19.8 Å². The molecule has 0 aliphatic heterocycles. The molecule has 0 bridgehead atoms. The molecule has 0 fully saturated rings. The van der Waals surface area contributed by atoms with Crippen LogP contribution in [-0.4, -0.2) is 38.6 Å². The van der Waals surface area contributed by atoms with E-state index >= 15 is 0 Å². The van der Waals surface area contributed by atoms with Gasteiger partial charge in [0.1, 0.15) is 0 Å². The monoisotopic (exact) mass is 237 g/mol. The van der Waals surface area contributed by atoms with Crippen LogP contribution in [0.3, 0.4) is 0 Å². The average molecular weight is 237 g/mol. The number of rotatable bonds is 10. The minimum atomic E-state index is -1.50. The molecule has 6 heteroatoms. The van der Waals surface area contributed by atoms with Crippen LogP contribution in [0.15, 0.2) is 0 Å². The second kappa shape index (κ2) is 8.86. The Kier molecular flexibility index (Phi) is 8.73. The fourth-order valence-electron chi connectivity index (χ4n) is 1.13. The van der Waals surface area contributed by atoms with Gasteiger partial charge in [-0.2, -0.15) is 4.89 Å². The van der Waals surface area contributed by atoms with Gasteiger partial charge in [0.25, 0.3) is 0 Å². The Morgan fingerprint density at radius 3 is 1.88 bits per heavy atom. The van der Waals surface area contributed by atoms with Crippen molar-refractivity contribution in [3.8, 4) is 0 Å². The fraction of sp³-hybridized carbons (Fsp3) is 1.00.